The Hall–Kier alpha value is 0.270. The number of hydrogen-bond acceptors (Lipinski definition) is 3. The van der Waals surface area contributed by atoms with Gasteiger partial charge in [0.15, 0.2) is 0 Å². The van der Waals surface area contributed by atoms with Crippen molar-refractivity contribution >= 4 is 11.8 Å². The zero-order chi connectivity index (χ0) is 13.5. The minimum absolute atomic E-state index is 0.698. The fourth-order valence-corrected chi connectivity index (χ4v) is 3.89. The average Bonchev–Trinajstić information content (AvgIpc) is 2.35. The summed E-state index contributed by atoms with van der Waals surface area (Å²) in [5.41, 5.74) is 0. The van der Waals surface area contributed by atoms with Crippen LogP contribution in [0.25, 0.3) is 0 Å². The Morgan fingerprint density at radius 1 is 1.33 bits per heavy atom. The number of thioether (sulfide) groups is 1. The van der Waals surface area contributed by atoms with Gasteiger partial charge in [0.05, 0.1) is 0 Å². The molecule has 1 heterocycles. The van der Waals surface area contributed by atoms with E-state index in [9.17, 15) is 0 Å². The monoisotopic (exact) mass is 272 g/mol. The van der Waals surface area contributed by atoms with E-state index in [0.29, 0.717) is 6.04 Å². The number of nitrogens with zero attached hydrogens (tertiary/aromatic N) is 1. The Morgan fingerprint density at radius 3 is 2.56 bits per heavy atom. The second-order valence-electron chi connectivity index (χ2n) is 6.01. The van der Waals surface area contributed by atoms with Crippen molar-refractivity contribution in [3.05, 3.63) is 0 Å². The molecule has 0 aromatic carbocycles. The molecule has 1 fully saturated rings. The molecule has 3 unspecified atom stereocenters. The lowest BCUT2D eigenvalue weighted by Gasteiger charge is -2.44. The van der Waals surface area contributed by atoms with Crippen molar-refractivity contribution in [1.29, 1.82) is 0 Å². The molecule has 1 rings (SSSR count). The van der Waals surface area contributed by atoms with Gasteiger partial charge >= 0.3 is 0 Å². The van der Waals surface area contributed by atoms with Gasteiger partial charge in [-0.3, -0.25) is 4.90 Å². The maximum absolute atomic E-state index is 3.75. The summed E-state index contributed by atoms with van der Waals surface area (Å²) >= 11 is 1.99. The van der Waals surface area contributed by atoms with Crippen LogP contribution in [0.4, 0.5) is 0 Å². The summed E-state index contributed by atoms with van der Waals surface area (Å²) in [6, 6.07) is 2.20. The van der Waals surface area contributed by atoms with E-state index in [2.05, 4.69) is 44.2 Å². The summed E-state index contributed by atoms with van der Waals surface area (Å²) in [5, 5.41) is 3.75. The fourth-order valence-electron chi connectivity index (χ4n) is 3.08. The van der Waals surface area contributed by atoms with Gasteiger partial charge in [-0.15, -0.1) is 0 Å². The third-order valence-corrected chi connectivity index (χ3v) is 4.79. The largest absolute Gasteiger partial charge is 0.311 e. The van der Waals surface area contributed by atoms with Gasteiger partial charge in [0.25, 0.3) is 0 Å². The Morgan fingerprint density at radius 2 is 2.06 bits per heavy atom. The maximum atomic E-state index is 3.75. The molecule has 0 aliphatic carbocycles. The van der Waals surface area contributed by atoms with Gasteiger partial charge in [-0.1, -0.05) is 27.7 Å². The molecule has 0 saturated carbocycles. The fraction of sp³-hybridized carbons (Fsp3) is 1.00. The van der Waals surface area contributed by atoms with Gasteiger partial charge in [-0.25, -0.2) is 0 Å². The van der Waals surface area contributed by atoms with Crippen LogP contribution in [0, 0.1) is 5.92 Å². The molecule has 1 aliphatic rings. The molecule has 0 radical (unpaired) electrons. The van der Waals surface area contributed by atoms with Crippen LogP contribution in [0.5, 0.6) is 0 Å². The van der Waals surface area contributed by atoms with E-state index < -0.39 is 0 Å². The molecule has 1 aliphatic heterocycles. The number of piperazine rings is 1. The molecule has 18 heavy (non-hydrogen) atoms. The lowest BCUT2D eigenvalue weighted by Crippen LogP contribution is -2.59. The third-order valence-electron chi connectivity index (χ3n) is 4.07. The van der Waals surface area contributed by atoms with Crippen molar-refractivity contribution in [2.24, 2.45) is 5.92 Å². The summed E-state index contributed by atoms with van der Waals surface area (Å²) < 4.78 is 0. The van der Waals surface area contributed by atoms with E-state index in [1.165, 1.54) is 38.1 Å². The number of nitrogens with one attached hydrogen (secondary N) is 1. The van der Waals surface area contributed by atoms with E-state index in [1.54, 1.807) is 0 Å². The van der Waals surface area contributed by atoms with Crippen LogP contribution in [-0.2, 0) is 0 Å². The smallest absolute Gasteiger partial charge is 0.0222 e. The average molecular weight is 273 g/mol. The van der Waals surface area contributed by atoms with E-state index in [0.717, 1.165) is 18.0 Å². The first-order valence-electron chi connectivity index (χ1n) is 7.60. The van der Waals surface area contributed by atoms with Crippen LogP contribution < -0.4 is 5.32 Å². The first-order chi connectivity index (χ1) is 8.62. The van der Waals surface area contributed by atoms with Crippen LogP contribution in [0.2, 0.25) is 0 Å². The number of hydrogen-bond donors (Lipinski definition) is 1. The van der Waals surface area contributed by atoms with Crippen LogP contribution in [0.3, 0.4) is 0 Å². The van der Waals surface area contributed by atoms with E-state index in [4.69, 9.17) is 0 Å². The van der Waals surface area contributed by atoms with Crippen molar-refractivity contribution in [3.63, 3.8) is 0 Å². The first-order valence-corrected chi connectivity index (χ1v) is 8.99. The van der Waals surface area contributed by atoms with Crippen LogP contribution in [0.15, 0.2) is 0 Å². The second-order valence-corrected chi connectivity index (χ2v) is 6.92. The Balaban J connectivity index is 2.62. The molecule has 3 atom stereocenters. The molecule has 3 heteroatoms. The minimum Gasteiger partial charge on any atom is -0.311 e. The quantitative estimate of drug-likeness (QED) is 0.766. The van der Waals surface area contributed by atoms with Crippen LogP contribution in [-0.4, -0.2) is 48.1 Å². The molecule has 0 aromatic heterocycles. The molecule has 0 bridgehead atoms. The highest BCUT2D eigenvalue weighted by atomic mass is 32.2. The summed E-state index contributed by atoms with van der Waals surface area (Å²) in [6.45, 7) is 11.8. The molecule has 0 amide bonds. The van der Waals surface area contributed by atoms with Gasteiger partial charge in [-0.05, 0) is 31.4 Å². The highest BCUT2D eigenvalue weighted by Gasteiger charge is 2.30. The summed E-state index contributed by atoms with van der Waals surface area (Å²) in [4.78, 5) is 2.79. The molecule has 2 nitrogen and oxygen atoms in total. The van der Waals surface area contributed by atoms with Crippen molar-refractivity contribution in [1.82, 2.24) is 10.2 Å². The van der Waals surface area contributed by atoms with Crippen molar-refractivity contribution in [2.45, 2.75) is 65.1 Å². The highest BCUT2D eigenvalue weighted by molar-refractivity contribution is 7.98. The van der Waals surface area contributed by atoms with E-state index >= 15 is 0 Å². The van der Waals surface area contributed by atoms with Gasteiger partial charge in [-0.2, -0.15) is 11.8 Å². The standard InChI is InChI=1S/C15H32N2S/c1-6-14-9-16-13(8-12(3)4)10-17(14)15(7-2)11-18-5/h12-16H,6-11H2,1-5H3. The van der Waals surface area contributed by atoms with E-state index in [1.807, 2.05) is 11.8 Å². The molecule has 1 saturated heterocycles. The van der Waals surface area contributed by atoms with Gasteiger partial charge in [0.2, 0.25) is 0 Å². The lowest BCUT2D eigenvalue weighted by molar-refractivity contribution is 0.0807. The summed E-state index contributed by atoms with van der Waals surface area (Å²) in [6.07, 6.45) is 6.10. The minimum atomic E-state index is 0.698. The Kier molecular flexibility index (Phi) is 7.66. The van der Waals surface area contributed by atoms with Crippen molar-refractivity contribution < 1.29 is 0 Å². The first kappa shape index (κ1) is 16.3. The highest BCUT2D eigenvalue weighted by Crippen LogP contribution is 2.21. The zero-order valence-electron chi connectivity index (χ0n) is 12.9. The topological polar surface area (TPSA) is 15.3 Å². The summed E-state index contributed by atoms with van der Waals surface area (Å²) in [5.74, 6) is 2.07. The third kappa shape index (κ3) is 4.75. The zero-order valence-corrected chi connectivity index (χ0v) is 13.7. The predicted molar refractivity (Wildman–Crippen MR) is 84.5 cm³/mol. The van der Waals surface area contributed by atoms with Crippen LogP contribution in [0.1, 0.15) is 47.0 Å². The van der Waals surface area contributed by atoms with Crippen LogP contribution >= 0.6 is 11.8 Å². The molecule has 108 valence electrons. The second kappa shape index (κ2) is 8.44. The van der Waals surface area contributed by atoms with E-state index in [-0.39, 0.29) is 0 Å². The lowest BCUT2D eigenvalue weighted by atomic mass is 9.97. The van der Waals surface area contributed by atoms with Gasteiger partial charge in [0.1, 0.15) is 0 Å². The molecule has 0 spiro atoms. The molecular formula is C15H32N2S. The maximum Gasteiger partial charge on any atom is 0.0222 e. The van der Waals surface area contributed by atoms with Gasteiger partial charge < -0.3 is 5.32 Å². The molecule has 0 aromatic rings. The Bertz CT molecular complexity index is 221. The van der Waals surface area contributed by atoms with Crippen molar-refractivity contribution in [2.75, 3.05) is 25.1 Å². The SMILES string of the molecule is CCC1CNC(CC(C)C)CN1C(CC)CSC. The molecular weight excluding hydrogens is 240 g/mol. The normalized spacial score (nSPS) is 27.7. The molecule has 1 N–H and O–H groups in total. The summed E-state index contributed by atoms with van der Waals surface area (Å²) in [7, 11) is 0. The Labute approximate surface area is 118 Å². The van der Waals surface area contributed by atoms with Gasteiger partial charge in [0, 0.05) is 37.0 Å². The number of rotatable bonds is 7. The van der Waals surface area contributed by atoms with Crippen molar-refractivity contribution in [3.8, 4) is 0 Å². The predicted octanol–water partition coefficient (Wildman–Crippen LogP) is 3.23.